The summed E-state index contributed by atoms with van der Waals surface area (Å²) in [7, 11) is 0. The van der Waals surface area contributed by atoms with E-state index in [0.29, 0.717) is 11.6 Å². The van der Waals surface area contributed by atoms with Gasteiger partial charge in [-0.2, -0.15) is 0 Å². The van der Waals surface area contributed by atoms with Crippen molar-refractivity contribution in [1.82, 2.24) is 19.8 Å². The van der Waals surface area contributed by atoms with Crippen molar-refractivity contribution in [2.45, 2.75) is 13.5 Å². The average molecular weight is 316 g/mol. The number of aromatic nitrogens is 2. The lowest BCUT2D eigenvalue weighted by atomic mass is 10.3. The lowest BCUT2D eigenvalue weighted by Crippen LogP contribution is -2.41. The first-order chi connectivity index (χ1) is 11.3. The molecule has 6 nitrogen and oxygen atoms in total. The Balaban J connectivity index is 1.51. The Kier molecular flexibility index (Phi) is 5.74. The topological polar surface area (TPSA) is 54.6 Å². The van der Waals surface area contributed by atoms with Gasteiger partial charge in [0.2, 0.25) is 0 Å². The van der Waals surface area contributed by atoms with E-state index in [-0.39, 0.29) is 0 Å². The number of furan rings is 1. The maximum atomic E-state index is 5.39. The molecule has 1 saturated heterocycles. The van der Waals surface area contributed by atoms with Crippen molar-refractivity contribution in [3.05, 3.63) is 36.4 Å². The molecule has 1 aliphatic heterocycles. The number of nitrogens with zero attached hydrogens (tertiary/aromatic N) is 4. The van der Waals surface area contributed by atoms with Crippen molar-refractivity contribution in [2.24, 2.45) is 0 Å². The lowest BCUT2D eigenvalue weighted by molar-refractivity contribution is 0.0332. The molecule has 0 spiro atoms. The number of likely N-dealkylation sites (N-methyl/N-ethyl adjacent to an activating group) is 1. The van der Waals surface area contributed by atoms with Gasteiger partial charge in [-0.1, -0.05) is 6.92 Å². The van der Waals surface area contributed by atoms with Gasteiger partial charge in [0.25, 0.3) is 0 Å². The van der Waals surface area contributed by atoms with Crippen molar-refractivity contribution < 1.29 is 9.15 Å². The number of rotatable bonds is 7. The minimum atomic E-state index is 0.634. The van der Waals surface area contributed by atoms with Crippen LogP contribution in [-0.2, 0) is 11.3 Å². The van der Waals surface area contributed by atoms with Crippen LogP contribution in [0.25, 0.3) is 11.6 Å². The largest absolute Gasteiger partial charge is 0.461 e. The van der Waals surface area contributed by atoms with Crippen LogP contribution in [0.5, 0.6) is 0 Å². The van der Waals surface area contributed by atoms with Crippen molar-refractivity contribution in [3.8, 4) is 11.6 Å². The summed E-state index contributed by atoms with van der Waals surface area (Å²) < 4.78 is 10.7. The molecule has 0 aliphatic carbocycles. The average Bonchev–Trinajstić information content (AvgIpc) is 3.14. The maximum Gasteiger partial charge on any atom is 0.195 e. The zero-order chi connectivity index (χ0) is 15.9. The van der Waals surface area contributed by atoms with Crippen LogP contribution in [0.15, 0.2) is 35.2 Å². The van der Waals surface area contributed by atoms with E-state index >= 15 is 0 Å². The molecule has 6 heteroatoms. The first kappa shape index (κ1) is 16.1. The summed E-state index contributed by atoms with van der Waals surface area (Å²) in [5, 5.41) is 0. The van der Waals surface area contributed by atoms with E-state index in [4.69, 9.17) is 9.15 Å². The number of morpholine rings is 1. The molecule has 23 heavy (non-hydrogen) atoms. The summed E-state index contributed by atoms with van der Waals surface area (Å²) in [5.74, 6) is 1.34. The number of ether oxygens (including phenoxy) is 1. The van der Waals surface area contributed by atoms with Crippen LogP contribution in [0.2, 0.25) is 0 Å². The highest BCUT2D eigenvalue weighted by Crippen LogP contribution is 2.14. The van der Waals surface area contributed by atoms with E-state index in [1.54, 1.807) is 6.26 Å². The maximum absolute atomic E-state index is 5.39. The molecule has 1 fully saturated rings. The Morgan fingerprint density at radius 2 is 2.00 bits per heavy atom. The third-order valence-electron chi connectivity index (χ3n) is 4.14. The molecular weight excluding hydrogens is 292 g/mol. The van der Waals surface area contributed by atoms with Crippen LogP contribution in [0.4, 0.5) is 0 Å². The molecule has 3 rings (SSSR count). The highest BCUT2D eigenvalue weighted by atomic mass is 16.5. The highest BCUT2D eigenvalue weighted by molar-refractivity contribution is 5.45. The molecule has 2 aromatic rings. The summed E-state index contributed by atoms with van der Waals surface area (Å²) in [5.41, 5.74) is 1.13. The van der Waals surface area contributed by atoms with Gasteiger partial charge in [-0.25, -0.2) is 9.97 Å². The Bertz CT molecular complexity index is 565. The van der Waals surface area contributed by atoms with E-state index in [2.05, 4.69) is 26.7 Å². The third kappa shape index (κ3) is 4.60. The van der Waals surface area contributed by atoms with E-state index in [0.717, 1.165) is 58.0 Å². The van der Waals surface area contributed by atoms with Crippen LogP contribution < -0.4 is 0 Å². The smallest absolute Gasteiger partial charge is 0.195 e. The summed E-state index contributed by atoms with van der Waals surface area (Å²) in [6, 6.07) is 3.72. The SMILES string of the molecule is CCN(CCN1CCOCC1)Cc1cnc(-c2ccco2)nc1. The molecule has 0 radical (unpaired) electrons. The predicted molar refractivity (Wildman–Crippen MR) is 87.9 cm³/mol. The summed E-state index contributed by atoms with van der Waals surface area (Å²) in [6.07, 6.45) is 5.42. The Morgan fingerprint density at radius 1 is 1.22 bits per heavy atom. The molecule has 0 unspecified atom stereocenters. The molecule has 0 atom stereocenters. The van der Waals surface area contributed by atoms with Crippen molar-refractivity contribution in [2.75, 3.05) is 45.9 Å². The standard InChI is InChI=1S/C17H24N4O2/c1-2-20(5-6-21-7-10-22-11-8-21)14-15-12-18-17(19-13-15)16-4-3-9-23-16/h3-4,9,12-13H,2,5-8,10-11,14H2,1H3. The normalized spacial score (nSPS) is 16.1. The van der Waals surface area contributed by atoms with Crippen LogP contribution in [0.1, 0.15) is 12.5 Å². The second-order valence-electron chi connectivity index (χ2n) is 5.72. The second-order valence-corrected chi connectivity index (χ2v) is 5.72. The van der Waals surface area contributed by atoms with Gasteiger partial charge in [0.1, 0.15) is 0 Å². The fourth-order valence-corrected chi connectivity index (χ4v) is 2.68. The van der Waals surface area contributed by atoms with Crippen molar-refractivity contribution in [3.63, 3.8) is 0 Å². The molecule has 3 heterocycles. The van der Waals surface area contributed by atoms with Gasteiger partial charge in [0, 0.05) is 50.7 Å². The molecule has 0 amide bonds. The van der Waals surface area contributed by atoms with Crippen molar-refractivity contribution >= 4 is 0 Å². The fraction of sp³-hybridized carbons (Fsp3) is 0.529. The van der Waals surface area contributed by atoms with E-state index < -0.39 is 0 Å². The van der Waals surface area contributed by atoms with Gasteiger partial charge < -0.3 is 9.15 Å². The second kappa shape index (κ2) is 8.19. The fourth-order valence-electron chi connectivity index (χ4n) is 2.68. The van der Waals surface area contributed by atoms with Gasteiger partial charge in [0.05, 0.1) is 19.5 Å². The molecule has 124 valence electrons. The first-order valence-electron chi connectivity index (χ1n) is 8.22. The quantitative estimate of drug-likeness (QED) is 0.777. The van der Waals surface area contributed by atoms with Gasteiger partial charge in [-0.3, -0.25) is 9.80 Å². The van der Waals surface area contributed by atoms with Gasteiger partial charge in [-0.15, -0.1) is 0 Å². The monoisotopic (exact) mass is 316 g/mol. The molecule has 2 aromatic heterocycles. The van der Waals surface area contributed by atoms with Crippen LogP contribution in [-0.4, -0.2) is 65.7 Å². The third-order valence-corrected chi connectivity index (χ3v) is 4.14. The zero-order valence-electron chi connectivity index (χ0n) is 13.6. The van der Waals surface area contributed by atoms with Gasteiger partial charge in [-0.05, 0) is 18.7 Å². The van der Waals surface area contributed by atoms with Crippen molar-refractivity contribution in [1.29, 1.82) is 0 Å². The molecule has 0 saturated carbocycles. The number of hydrogen-bond donors (Lipinski definition) is 0. The number of hydrogen-bond acceptors (Lipinski definition) is 6. The molecule has 0 aromatic carbocycles. The van der Waals surface area contributed by atoms with E-state index in [1.165, 1.54) is 0 Å². The van der Waals surface area contributed by atoms with Crippen LogP contribution in [0, 0.1) is 0 Å². The zero-order valence-corrected chi connectivity index (χ0v) is 13.6. The summed E-state index contributed by atoms with van der Waals surface area (Å²) in [6.45, 7) is 10.0. The molecule has 1 aliphatic rings. The predicted octanol–water partition coefficient (Wildman–Crippen LogP) is 1.89. The minimum Gasteiger partial charge on any atom is -0.461 e. The highest BCUT2D eigenvalue weighted by Gasteiger charge is 2.12. The van der Waals surface area contributed by atoms with Crippen LogP contribution >= 0.6 is 0 Å². The Morgan fingerprint density at radius 3 is 2.65 bits per heavy atom. The minimum absolute atomic E-state index is 0.634. The van der Waals surface area contributed by atoms with Crippen LogP contribution in [0.3, 0.4) is 0 Å². The lowest BCUT2D eigenvalue weighted by Gasteiger charge is -2.29. The van der Waals surface area contributed by atoms with E-state index in [9.17, 15) is 0 Å². The Labute approximate surface area is 137 Å². The van der Waals surface area contributed by atoms with Gasteiger partial charge in [0.15, 0.2) is 11.6 Å². The molecule has 0 N–H and O–H groups in total. The summed E-state index contributed by atoms with van der Waals surface area (Å²) >= 11 is 0. The summed E-state index contributed by atoms with van der Waals surface area (Å²) in [4.78, 5) is 13.7. The van der Waals surface area contributed by atoms with E-state index in [1.807, 2.05) is 24.5 Å². The molecular formula is C17H24N4O2. The first-order valence-corrected chi connectivity index (χ1v) is 8.22. The Hall–Kier alpha value is -1.76. The molecule has 0 bridgehead atoms. The van der Waals surface area contributed by atoms with Gasteiger partial charge >= 0.3 is 0 Å².